The second-order valence-corrected chi connectivity index (χ2v) is 11.2. The monoisotopic (exact) mass is 456 g/mol. The van der Waals surface area contributed by atoms with E-state index in [0.717, 1.165) is 22.6 Å². The first-order chi connectivity index (χ1) is 15.0. The molecule has 31 heavy (non-hydrogen) atoms. The molecule has 4 rings (SSSR count). The van der Waals surface area contributed by atoms with E-state index in [1.54, 1.807) is 17.0 Å². The van der Waals surface area contributed by atoms with Crippen molar-refractivity contribution < 1.29 is 17.9 Å². The first-order valence-corrected chi connectivity index (χ1v) is 13.0. The fourth-order valence-electron chi connectivity index (χ4n) is 4.08. The predicted molar refractivity (Wildman–Crippen MR) is 119 cm³/mol. The lowest BCUT2D eigenvalue weighted by Crippen LogP contribution is -2.45. The van der Waals surface area contributed by atoms with Gasteiger partial charge < -0.3 is 9.64 Å². The molecule has 8 heteroatoms. The topological polar surface area (TPSA) is 87.5 Å². The normalized spacial score (nSPS) is 22.2. The zero-order valence-electron chi connectivity index (χ0n) is 17.1. The molecule has 0 aliphatic carbocycles. The van der Waals surface area contributed by atoms with E-state index < -0.39 is 9.84 Å². The molecule has 0 saturated carbocycles. The van der Waals surface area contributed by atoms with E-state index in [9.17, 15) is 18.5 Å². The summed E-state index contributed by atoms with van der Waals surface area (Å²) < 4.78 is 30.0. The van der Waals surface area contributed by atoms with Gasteiger partial charge in [0.25, 0.3) is 5.91 Å². The molecule has 2 aliphatic rings. The van der Waals surface area contributed by atoms with Crippen LogP contribution in [0.3, 0.4) is 0 Å². The number of nitrogens with zero attached hydrogens (tertiary/aromatic N) is 2. The van der Waals surface area contributed by atoms with Crippen molar-refractivity contribution in [1.29, 1.82) is 5.26 Å². The summed E-state index contributed by atoms with van der Waals surface area (Å²) in [6, 6.07) is 16.4. The molecule has 2 aromatic rings. The van der Waals surface area contributed by atoms with Crippen molar-refractivity contribution in [3.05, 3.63) is 59.7 Å². The maximum absolute atomic E-state index is 13.7. The molecular formula is C23H24N2O4S2. The Morgan fingerprint density at radius 3 is 2.55 bits per heavy atom. The smallest absolute Gasteiger partial charge is 0.255 e. The number of amides is 1. The highest BCUT2D eigenvalue weighted by molar-refractivity contribution is 7.99. The van der Waals surface area contributed by atoms with Gasteiger partial charge >= 0.3 is 0 Å². The minimum absolute atomic E-state index is 0.00195. The van der Waals surface area contributed by atoms with Gasteiger partial charge in [-0.3, -0.25) is 4.79 Å². The van der Waals surface area contributed by atoms with Gasteiger partial charge in [-0.1, -0.05) is 36.0 Å². The Labute approximate surface area is 187 Å². The highest BCUT2D eigenvalue weighted by Gasteiger charge is 2.37. The third kappa shape index (κ3) is 5.12. The van der Waals surface area contributed by atoms with Crippen LogP contribution in [-0.2, 0) is 14.6 Å². The van der Waals surface area contributed by atoms with Crippen LogP contribution < -0.4 is 0 Å². The molecule has 0 spiro atoms. The number of hydrogen-bond donors (Lipinski definition) is 0. The zero-order chi connectivity index (χ0) is 21.8. The standard InChI is InChI=1S/C23H24N2O4S2/c24-14-17-6-1-3-9-21(17)30-22-10-4-2-8-20(22)23(26)25(15-19-7-5-12-29-19)18-11-13-31(27,28)16-18/h1-4,6,8-10,18-19H,5,7,11-13,15-16H2. The summed E-state index contributed by atoms with van der Waals surface area (Å²) in [5.41, 5.74) is 1.07. The summed E-state index contributed by atoms with van der Waals surface area (Å²) in [5, 5.41) is 9.41. The molecule has 2 saturated heterocycles. The van der Waals surface area contributed by atoms with Crippen molar-refractivity contribution in [1.82, 2.24) is 4.90 Å². The van der Waals surface area contributed by atoms with E-state index >= 15 is 0 Å². The average molecular weight is 457 g/mol. The predicted octanol–water partition coefficient (Wildman–Crippen LogP) is 3.52. The van der Waals surface area contributed by atoms with Gasteiger partial charge in [-0.25, -0.2) is 8.42 Å². The van der Waals surface area contributed by atoms with E-state index in [-0.39, 0.29) is 29.6 Å². The van der Waals surface area contributed by atoms with E-state index in [0.29, 0.717) is 30.7 Å². The summed E-state index contributed by atoms with van der Waals surface area (Å²) in [4.78, 5) is 16.9. The van der Waals surface area contributed by atoms with Crippen LogP contribution in [0.4, 0.5) is 0 Å². The Balaban J connectivity index is 1.64. The lowest BCUT2D eigenvalue weighted by Gasteiger charge is -2.31. The number of hydrogen-bond acceptors (Lipinski definition) is 6. The van der Waals surface area contributed by atoms with Crippen LogP contribution in [0, 0.1) is 11.3 Å². The molecule has 0 radical (unpaired) electrons. The van der Waals surface area contributed by atoms with Gasteiger partial charge in [0.05, 0.1) is 28.7 Å². The van der Waals surface area contributed by atoms with Gasteiger partial charge in [0.1, 0.15) is 6.07 Å². The van der Waals surface area contributed by atoms with Gasteiger partial charge in [0, 0.05) is 29.0 Å². The number of nitriles is 1. The maximum atomic E-state index is 13.7. The summed E-state index contributed by atoms with van der Waals surface area (Å²) in [6.07, 6.45) is 2.21. The van der Waals surface area contributed by atoms with Crippen molar-refractivity contribution in [2.24, 2.45) is 0 Å². The van der Waals surface area contributed by atoms with Gasteiger partial charge in [-0.15, -0.1) is 0 Å². The highest BCUT2D eigenvalue weighted by Crippen LogP contribution is 2.34. The van der Waals surface area contributed by atoms with Crippen molar-refractivity contribution >= 4 is 27.5 Å². The minimum atomic E-state index is -3.13. The first-order valence-electron chi connectivity index (χ1n) is 10.4. The molecule has 6 nitrogen and oxygen atoms in total. The molecule has 0 bridgehead atoms. The van der Waals surface area contributed by atoms with Gasteiger partial charge in [-0.2, -0.15) is 5.26 Å². The first kappa shape index (κ1) is 21.9. The Morgan fingerprint density at radius 1 is 1.13 bits per heavy atom. The van der Waals surface area contributed by atoms with Crippen molar-refractivity contribution in [3.63, 3.8) is 0 Å². The molecule has 0 aromatic heterocycles. The second kappa shape index (κ2) is 9.43. The molecule has 2 aromatic carbocycles. The third-order valence-electron chi connectivity index (χ3n) is 5.68. The molecule has 1 amide bonds. The second-order valence-electron chi connectivity index (χ2n) is 7.86. The average Bonchev–Trinajstić information content (AvgIpc) is 3.41. The van der Waals surface area contributed by atoms with Crippen molar-refractivity contribution in [2.75, 3.05) is 24.7 Å². The fourth-order valence-corrected chi connectivity index (χ4v) is 6.83. The lowest BCUT2D eigenvalue weighted by atomic mass is 10.1. The van der Waals surface area contributed by atoms with Gasteiger partial charge in [-0.05, 0) is 43.5 Å². The molecule has 2 aliphatic heterocycles. The van der Waals surface area contributed by atoms with E-state index in [2.05, 4.69) is 6.07 Å². The number of carbonyl (C=O) groups is 1. The maximum Gasteiger partial charge on any atom is 0.255 e. The molecule has 0 N–H and O–H groups in total. The highest BCUT2D eigenvalue weighted by atomic mass is 32.2. The molecule has 2 unspecified atom stereocenters. The van der Waals surface area contributed by atoms with Crippen LogP contribution in [0.1, 0.15) is 35.2 Å². The largest absolute Gasteiger partial charge is 0.376 e. The number of benzene rings is 2. The number of rotatable bonds is 6. The fraction of sp³-hybridized carbons (Fsp3) is 0.391. The Kier molecular flexibility index (Phi) is 6.65. The molecular weight excluding hydrogens is 432 g/mol. The van der Waals surface area contributed by atoms with E-state index in [1.807, 2.05) is 36.4 Å². The van der Waals surface area contributed by atoms with Crippen LogP contribution in [0.2, 0.25) is 0 Å². The molecule has 162 valence electrons. The van der Waals surface area contributed by atoms with Crippen LogP contribution in [0.5, 0.6) is 0 Å². The minimum Gasteiger partial charge on any atom is -0.376 e. The third-order valence-corrected chi connectivity index (χ3v) is 8.58. The van der Waals surface area contributed by atoms with Crippen LogP contribution in [0.25, 0.3) is 0 Å². The quantitative estimate of drug-likeness (QED) is 0.661. The number of carbonyl (C=O) groups excluding carboxylic acids is 1. The summed E-state index contributed by atoms with van der Waals surface area (Å²) in [5.74, 6) is -0.0770. The van der Waals surface area contributed by atoms with E-state index in [4.69, 9.17) is 4.74 Å². The summed E-state index contributed by atoms with van der Waals surface area (Å²) >= 11 is 1.38. The summed E-state index contributed by atoms with van der Waals surface area (Å²) in [7, 11) is -3.13. The molecule has 2 atom stereocenters. The van der Waals surface area contributed by atoms with Gasteiger partial charge in [0.2, 0.25) is 0 Å². The zero-order valence-corrected chi connectivity index (χ0v) is 18.7. The van der Waals surface area contributed by atoms with Crippen LogP contribution in [0.15, 0.2) is 58.3 Å². The van der Waals surface area contributed by atoms with Crippen LogP contribution >= 0.6 is 11.8 Å². The Bertz CT molecular complexity index is 1100. The number of sulfone groups is 1. The Hall–Kier alpha value is -2.34. The van der Waals surface area contributed by atoms with Crippen LogP contribution in [-0.4, -0.2) is 56.0 Å². The van der Waals surface area contributed by atoms with Crippen molar-refractivity contribution in [3.8, 4) is 6.07 Å². The summed E-state index contributed by atoms with van der Waals surface area (Å²) in [6.45, 7) is 1.07. The Morgan fingerprint density at radius 2 is 1.87 bits per heavy atom. The van der Waals surface area contributed by atoms with Crippen molar-refractivity contribution in [2.45, 2.75) is 41.2 Å². The van der Waals surface area contributed by atoms with E-state index in [1.165, 1.54) is 11.8 Å². The molecule has 2 fully saturated rings. The SMILES string of the molecule is N#Cc1ccccc1Sc1ccccc1C(=O)N(CC1CCCO1)C1CCS(=O)(=O)C1. The number of ether oxygens (including phenoxy) is 1. The molecule has 2 heterocycles. The lowest BCUT2D eigenvalue weighted by molar-refractivity contribution is 0.0439. The van der Waals surface area contributed by atoms with Gasteiger partial charge in [0.15, 0.2) is 9.84 Å².